The minimum absolute atomic E-state index is 0.0204. The topological polar surface area (TPSA) is 159 Å². The number of aryl methyl sites for hydroxylation is 1. The number of nitrogens with two attached hydrogens (primary N) is 1. The monoisotopic (exact) mass is 409 g/mol. The van der Waals surface area contributed by atoms with E-state index in [0.29, 0.717) is 11.3 Å². The predicted octanol–water partition coefficient (Wildman–Crippen LogP) is 1.77. The number of esters is 1. The zero-order valence-electron chi connectivity index (χ0n) is 15.6. The number of anilines is 1. The predicted molar refractivity (Wildman–Crippen MR) is 100 cm³/mol. The van der Waals surface area contributed by atoms with Gasteiger partial charge < -0.3 is 25.9 Å². The molecule has 0 bridgehead atoms. The zero-order chi connectivity index (χ0) is 21.2. The third-order valence-electron chi connectivity index (χ3n) is 3.53. The number of carbonyl (C=O) groups is 3. The molecule has 11 nitrogen and oxygen atoms in total. The molecule has 2 rings (SSSR count). The molecule has 0 spiro atoms. The van der Waals surface area contributed by atoms with Crippen LogP contribution in [0.15, 0.2) is 6.07 Å². The van der Waals surface area contributed by atoms with Gasteiger partial charge in [0, 0.05) is 0 Å². The molecule has 0 radical (unpaired) electrons. The number of thiophene rings is 1. The van der Waals surface area contributed by atoms with Gasteiger partial charge in [-0.3, -0.25) is 9.59 Å². The molecule has 0 aromatic carbocycles. The number of amides is 2. The number of aromatic nitrogens is 2. The molecule has 2 aromatic rings. The van der Waals surface area contributed by atoms with Gasteiger partial charge in [-0.15, -0.1) is 16.0 Å². The molecule has 2 heterocycles. The van der Waals surface area contributed by atoms with Gasteiger partial charge in [-0.05, 0) is 38.2 Å². The van der Waals surface area contributed by atoms with Crippen molar-refractivity contribution < 1.29 is 24.0 Å². The Morgan fingerprint density at radius 1 is 1.39 bits per heavy atom. The highest BCUT2D eigenvalue weighted by atomic mass is 32.1. The summed E-state index contributed by atoms with van der Waals surface area (Å²) < 4.78 is 6.10. The smallest absolute Gasteiger partial charge is 0.345 e. The van der Waals surface area contributed by atoms with Gasteiger partial charge in [0.05, 0.1) is 28.3 Å². The largest absolute Gasteiger partial charge is 0.459 e. The lowest BCUT2D eigenvalue weighted by Crippen LogP contribution is -2.22. The van der Waals surface area contributed by atoms with Crippen molar-refractivity contribution >= 4 is 39.9 Å². The number of hydrogen-bond acceptors (Lipinski definition) is 8. The van der Waals surface area contributed by atoms with E-state index in [2.05, 4.69) is 10.4 Å². The summed E-state index contributed by atoms with van der Waals surface area (Å²) in [4.78, 5) is 46.9. The molecule has 0 fully saturated rings. The molecular formula is C16H19N5O6S. The summed E-state index contributed by atoms with van der Waals surface area (Å²) in [6.45, 7) is 5.94. The normalized spacial score (nSPS) is 10.8. The summed E-state index contributed by atoms with van der Waals surface area (Å²) in [5, 5.41) is 17.5. The van der Waals surface area contributed by atoms with Gasteiger partial charge in [-0.25, -0.2) is 4.79 Å². The fourth-order valence-electron chi connectivity index (χ4n) is 2.45. The molecular weight excluding hydrogens is 390 g/mol. The molecule has 0 saturated heterocycles. The Labute approximate surface area is 163 Å². The van der Waals surface area contributed by atoms with Gasteiger partial charge in [-0.2, -0.15) is 0 Å². The molecule has 2 amide bonds. The van der Waals surface area contributed by atoms with Crippen molar-refractivity contribution in [2.24, 2.45) is 5.73 Å². The van der Waals surface area contributed by atoms with Crippen molar-refractivity contribution in [1.29, 1.82) is 0 Å². The Kier molecular flexibility index (Phi) is 6.13. The van der Waals surface area contributed by atoms with Gasteiger partial charge in [0.15, 0.2) is 6.54 Å². The van der Waals surface area contributed by atoms with Crippen molar-refractivity contribution in [3.63, 3.8) is 0 Å². The lowest BCUT2D eigenvalue weighted by Gasteiger charge is -2.10. The first kappa shape index (κ1) is 21.0. The number of ether oxygens (including phenoxy) is 1. The van der Waals surface area contributed by atoms with E-state index < -0.39 is 35.4 Å². The number of nitro groups is 1. The summed E-state index contributed by atoms with van der Waals surface area (Å²) in [5.41, 5.74) is 6.02. The van der Waals surface area contributed by atoms with Crippen LogP contribution in [0.25, 0.3) is 0 Å². The highest BCUT2D eigenvalue weighted by Crippen LogP contribution is 2.33. The maximum absolute atomic E-state index is 12.4. The second-order valence-corrected chi connectivity index (χ2v) is 7.21. The number of rotatable bonds is 7. The quantitative estimate of drug-likeness (QED) is 0.400. The van der Waals surface area contributed by atoms with E-state index in [9.17, 15) is 24.5 Å². The Morgan fingerprint density at radius 2 is 2.04 bits per heavy atom. The van der Waals surface area contributed by atoms with Crippen LogP contribution in [0.5, 0.6) is 0 Å². The Balaban J connectivity index is 2.33. The van der Waals surface area contributed by atoms with Gasteiger partial charge in [0.2, 0.25) is 0 Å². The number of nitrogens with zero attached hydrogens (tertiary/aromatic N) is 3. The molecule has 0 unspecified atom stereocenters. The minimum atomic E-state index is -0.750. The molecule has 28 heavy (non-hydrogen) atoms. The van der Waals surface area contributed by atoms with Crippen LogP contribution in [0.4, 0.5) is 10.8 Å². The Bertz CT molecular complexity index is 961. The first-order chi connectivity index (χ1) is 13.0. The van der Waals surface area contributed by atoms with Crippen LogP contribution in [0.3, 0.4) is 0 Å². The summed E-state index contributed by atoms with van der Waals surface area (Å²) in [6, 6.07) is 1.24. The molecule has 2 aromatic heterocycles. The lowest BCUT2D eigenvalue weighted by molar-refractivity contribution is -0.392. The highest BCUT2D eigenvalue weighted by molar-refractivity contribution is 7.18. The van der Waals surface area contributed by atoms with E-state index in [4.69, 9.17) is 10.5 Å². The minimum Gasteiger partial charge on any atom is -0.459 e. The molecule has 0 saturated carbocycles. The number of hydrogen-bond donors (Lipinski definition) is 2. The maximum atomic E-state index is 12.4. The molecule has 3 N–H and O–H groups in total. The first-order valence-electron chi connectivity index (χ1n) is 8.14. The molecule has 0 aliphatic rings. The van der Waals surface area contributed by atoms with Crippen LogP contribution in [-0.2, 0) is 16.1 Å². The molecule has 150 valence electrons. The van der Waals surface area contributed by atoms with Crippen LogP contribution in [0.2, 0.25) is 0 Å². The maximum Gasteiger partial charge on any atom is 0.345 e. The van der Waals surface area contributed by atoms with Crippen molar-refractivity contribution in [3.05, 3.63) is 37.9 Å². The number of nitrogens with one attached hydrogen (secondary N) is 1. The van der Waals surface area contributed by atoms with Crippen LogP contribution < -0.4 is 11.1 Å². The second kappa shape index (κ2) is 8.17. The van der Waals surface area contributed by atoms with Gasteiger partial charge >= 0.3 is 11.8 Å². The van der Waals surface area contributed by atoms with Crippen LogP contribution in [0, 0.1) is 24.0 Å². The first-order valence-corrected chi connectivity index (χ1v) is 8.95. The summed E-state index contributed by atoms with van der Waals surface area (Å²) in [7, 11) is 0. The average molecular weight is 409 g/mol. The van der Waals surface area contributed by atoms with Gasteiger partial charge in [0.25, 0.3) is 11.8 Å². The van der Waals surface area contributed by atoms with Gasteiger partial charge in [0.1, 0.15) is 5.00 Å². The van der Waals surface area contributed by atoms with E-state index in [1.165, 1.54) is 13.0 Å². The summed E-state index contributed by atoms with van der Waals surface area (Å²) in [6.07, 6.45) is -0.415. The highest BCUT2D eigenvalue weighted by Gasteiger charge is 2.27. The third kappa shape index (κ3) is 4.52. The van der Waals surface area contributed by atoms with Crippen LogP contribution in [-0.4, -0.2) is 38.6 Å². The Morgan fingerprint density at radius 3 is 2.57 bits per heavy atom. The fourth-order valence-corrected chi connectivity index (χ4v) is 3.52. The summed E-state index contributed by atoms with van der Waals surface area (Å²) >= 11 is 0.833. The van der Waals surface area contributed by atoms with E-state index in [1.54, 1.807) is 20.8 Å². The molecule has 0 atom stereocenters. The molecule has 0 aliphatic heterocycles. The van der Waals surface area contributed by atoms with Crippen molar-refractivity contribution in [3.8, 4) is 0 Å². The van der Waals surface area contributed by atoms with Gasteiger partial charge in [-0.1, -0.05) is 5.10 Å². The fraction of sp³-hybridized carbons (Fsp3) is 0.375. The lowest BCUT2D eigenvalue weighted by atomic mass is 10.1. The average Bonchev–Trinajstić information content (AvgIpc) is 3.06. The third-order valence-corrected chi connectivity index (χ3v) is 4.75. The van der Waals surface area contributed by atoms with Crippen LogP contribution >= 0.6 is 11.3 Å². The van der Waals surface area contributed by atoms with Crippen molar-refractivity contribution in [2.45, 2.75) is 40.3 Å². The standard InChI is InChI=1S/C16H19N5O6S/c1-7(2)27-16(24)12-9(4)13(14(17)23)28-15(12)18-10(22)6-20-11(21(25)26)5-8(3)19-20/h5,7H,6H2,1-4H3,(H2,17,23)(H,18,22). The second-order valence-electron chi connectivity index (χ2n) is 6.19. The molecule has 12 heteroatoms. The Hall–Kier alpha value is -3.28. The summed E-state index contributed by atoms with van der Waals surface area (Å²) in [5.74, 6) is -2.47. The van der Waals surface area contributed by atoms with E-state index in [-0.39, 0.29) is 21.3 Å². The van der Waals surface area contributed by atoms with Crippen LogP contribution in [0.1, 0.15) is 45.1 Å². The number of primary amides is 1. The van der Waals surface area contributed by atoms with Crippen molar-refractivity contribution in [2.75, 3.05) is 5.32 Å². The molecule has 0 aliphatic carbocycles. The SMILES string of the molecule is Cc1cc([N+](=O)[O-])n(CC(=O)Nc2sc(C(N)=O)c(C)c2C(=O)OC(C)C)n1. The van der Waals surface area contributed by atoms with E-state index >= 15 is 0 Å². The van der Waals surface area contributed by atoms with E-state index in [0.717, 1.165) is 16.0 Å². The number of carbonyl (C=O) groups excluding carboxylic acids is 3. The van der Waals surface area contributed by atoms with Crippen molar-refractivity contribution in [1.82, 2.24) is 9.78 Å². The van der Waals surface area contributed by atoms with E-state index in [1.807, 2.05) is 0 Å². The zero-order valence-corrected chi connectivity index (χ0v) is 16.5.